The van der Waals surface area contributed by atoms with E-state index in [-0.39, 0.29) is 29.0 Å². The summed E-state index contributed by atoms with van der Waals surface area (Å²) >= 11 is 0. The van der Waals surface area contributed by atoms with E-state index in [9.17, 15) is 15.0 Å². The highest BCUT2D eigenvalue weighted by atomic mass is 16.3. The van der Waals surface area contributed by atoms with Crippen molar-refractivity contribution in [1.82, 2.24) is 9.80 Å². The molecule has 34 heavy (non-hydrogen) atoms. The fourth-order valence-electron chi connectivity index (χ4n) is 6.26. The summed E-state index contributed by atoms with van der Waals surface area (Å²) in [7, 11) is 4.02. The van der Waals surface area contributed by atoms with Crippen molar-refractivity contribution in [1.29, 1.82) is 0 Å². The number of phenols is 1. The average molecular weight is 465 g/mol. The fraction of sp³-hybridized carbons (Fsp3) is 0.552. The lowest BCUT2D eigenvalue weighted by molar-refractivity contribution is -0.136. The summed E-state index contributed by atoms with van der Waals surface area (Å²) in [5.74, 6) is 0.543. The first-order chi connectivity index (χ1) is 16.4. The SMILES string of the molecule is CN1CC[C@@]2(c3cccc(O)c3)C[C@@H](N(C)C(=O)CCCCCc3ccccc3)CC(O)[C@@H]2C1. The van der Waals surface area contributed by atoms with Crippen LogP contribution < -0.4 is 0 Å². The molecule has 4 rings (SSSR count). The average Bonchev–Trinajstić information content (AvgIpc) is 2.84. The van der Waals surface area contributed by atoms with E-state index in [1.807, 2.05) is 30.1 Å². The van der Waals surface area contributed by atoms with E-state index < -0.39 is 6.10 Å². The lowest BCUT2D eigenvalue weighted by Gasteiger charge is -2.55. The number of hydrogen-bond donors (Lipinski definition) is 2. The molecule has 1 heterocycles. The van der Waals surface area contributed by atoms with E-state index in [0.29, 0.717) is 12.8 Å². The molecule has 1 saturated carbocycles. The van der Waals surface area contributed by atoms with Crippen molar-refractivity contribution in [3.05, 3.63) is 65.7 Å². The Hall–Kier alpha value is -2.37. The van der Waals surface area contributed by atoms with Crippen molar-refractivity contribution >= 4 is 5.91 Å². The van der Waals surface area contributed by atoms with Gasteiger partial charge < -0.3 is 20.0 Å². The second-order valence-corrected chi connectivity index (χ2v) is 10.5. The molecular weight excluding hydrogens is 424 g/mol. The number of nitrogens with zero attached hydrogens (tertiary/aromatic N) is 2. The Morgan fingerprint density at radius 3 is 2.68 bits per heavy atom. The smallest absolute Gasteiger partial charge is 0.222 e. The van der Waals surface area contributed by atoms with Crippen molar-refractivity contribution in [3.8, 4) is 5.75 Å². The van der Waals surface area contributed by atoms with Crippen molar-refractivity contribution < 1.29 is 15.0 Å². The second-order valence-electron chi connectivity index (χ2n) is 10.5. The van der Waals surface area contributed by atoms with Gasteiger partial charge in [0.15, 0.2) is 0 Å². The Kier molecular flexibility index (Phi) is 7.95. The highest BCUT2D eigenvalue weighted by molar-refractivity contribution is 5.76. The minimum atomic E-state index is -0.468. The van der Waals surface area contributed by atoms with E-state index in [1.165, 1.54) is 5.56 Å². The number of likely N-dealkylation sites (tertiary alicyclic amines) is 1. The Labute approximate surface area is 204 Å². The predicted molar refractivity (Wildman–Crippen MR) is 136 cm³/mol. The number of aryl methyl sites for hydroxylation is 1. The van der Waals surface area contributed by atoms with E-state index in [4.69, 9.17) is 0 Å². The first-order valence-corrected chi connectivity index (χ1v) is 12.8. The molecule has 5 nitrogen and oxygen atoms in total. The number of aliphatic hydroxyl groups is 1. The summed E-state index contributed by atoms with van der Waals surface area (Å²) in [6.07, 6.45) is 6.57. The van der Waals surface area contributed by atoms with Gasteiger partial charge in [0.1, 0.15) is 5.75 Å². The van der Waals surface area contributed by atoms with Crippen LogP contribution in [0.15, 0.2) is 54.6 Å². The zero-order valence-corrected chi connectivity index (χ0v) is 20.7. The maximum Gasteiger partial charge on any atom is 0.222 e. The van der Waals surface area contributed by atoms with Gasteiger partial charge in [0, 0.05) is 37.4 Å². The molecule has 1 amide bonds. The Bertz CT molecular complexity index is 949. The monoisotopic (exact) mass is 464 g/mol. The first kappa shape index (κ1) is 24.7. The van der Waals surface area contributed by atoms with Gasteiger partial charge in [0.25, 0.3) is 0 Å². The zero-order chi connectivity index (χ0) is 24.1. The van der Waals surface area contributed by atoms with Crippen LogP contribution in [0.3, 0.4) is 0 Å². The van der Waals surface area contributed by atoms with Gasteiger partial charge in [-0.25, -0.2) is 0 Å². The Morgan fingerprint density at radius 1 is 1.12 bits per heavy atom. The summed E-state index contributed by atoms with van der Waals surface area (Å²) in [5, 5.41) is 21.4. The predicted octanol–water partition coefficient (Wildman–Crippen LogP) is 4.37. The minimum absolute atomic E-state index is 0.00817. The van der Waals surface area contributed by atoms with E-state index in [0.717, 1.165) is 57.2 Å². The van der Waals surface area contributed by atoms with Gasteiger partial charge in [-0.2, -0.15) is 0 Å². The van der Waals surface area contributed by atoms with Crippen LogP contribution in [-0.2, 0) is 16.6 Å². The number of aliphatic hydroxyl groups excluding tert-OH is 1. The lowest BCUT2D eigenvalue weighted by Crippen LogP contribution is -2.60. The molecule has 1 saturated heterocycles. The number of carbonyl (C=O) groups is 1. The van der Waals surface area contributed by atoms with Gasteiger partial charge in [-0.3, -0.25) is 4.79 Å². The molecule has 2 N–H and O–H groups in total. The first-order valence-electron chi connectivity index (χ1n) is 12.8. The summed E-state index contributed by atoms with van der Waals surface area (Å²) in [4.78, 5) is 17.3. The molecule has 4 atom stereocenters. The summed E-state index contributed by atoms with van der Waals surface area (Å²) in [6, 6.07) is 18.1. The number of unbranched alkanes of at least 4 members (excludes halogenated alkanes) is 2. The summed E-state index contributed by atoms with van der Waals surface area (Å²) < 4.78 is 0. The van der Waals surface area contributed by atoms with Crippen LogP contribution in [0.2, 0.25) is 0 Å². The third-order valence-corrected chi connectivity index (χ3v) is 8.30. The fourth-order valence-corrected chi connectivity index (χ4v) is 6.26. The Morgan fingerprint density at radius 2 is 1.91 bits per heavy atom. The molecule has 0 bridgehead atoms. The van der Waals surface area contributed by atoms with Crippen LogP contribution in [0.4, 0.5) is 0 Å². The third kappa shape index (κ3) is 5.47. The number of benzene rings is 2. The van der Waals surface area contributed by atoms with Gasteiger partial charge in [0.05, 0.1) is 6.10 Å². The van der Waals surface area contributed by atoms with E-state index in [2.05, 4.69) is 42.3 Å². The molecule has 0 spiro atoms. The molecule has 1 aliphatic carbocycles. The maximum absolute atomic E-state index is 13.1. The Balaban J connectivity index is 1.39. The molecule has 2 aromatic rings. The number of aromatic hydroxyl groups is 1. The summed E-state index contributed by atoms with van der Waals surface area (Å²) in [5.41, 5.74) is 2.22. The van der Waals surface area contributed by atoms with Gasteiger partial charge in [-0.1, -0.05) is 48.9 Å². The van der Waals surface area contributed by atoms with Gasteiger partial charge in [-0.05, 0) is 75.4 Å². The highest BCUT2D eigenvalue weighted by Gasteiger charge is 2.52. The van der Waals surface area contributed by atoms with Gasteiger partial charge in [-0.15, -0.1) is 0 Å². The van der Waals surface area contributed by atoms with E-state index in [1.54, 1.807) is 6.07 Å². The number of fused-ring (bicyclic) bond motifs is 1. The third-order valence-electron chi connectivity index (χ3n) is 8.30. The van der Waals surface area contributed by atoms with Crippen molar-refractivity contribution in [2.75, 3.05) is 27.2 Å². The van der Waals surface area contributed by atoms with Gasteiger partial charge in [0.2, 0.25) is 5.91 Å². The molecule has 2 fully saturated rings. The van der Waals surface area contributed by atoms with Crippen LogP contribution in [0.5, 0.6) is 5.75 Å². The van der Waals surface area contributed by atoms with Gasteiger partial charge >= 0.3 is 0 Å². The number of rotatable bonds is 8. The zero-order valence-electron chi connectivity index (χ0n) is 20.7. The topological polar surface area (TPSA) is 64.0 Å². The molecular formula is C29H40N2O3. The molecule has 5 heteroatoms. The maximum atomic E-state index is 13.1. The molecule has 2 aromatic carbocycles. The van der Waals surface area contributed by atoms with E-state index >= 15 is 0 Å². The number of amides is 1. The largest absolute Gasteiger partial charge is 0.508 e. The number of hydrogen-bond acceptors (Lipinski definition) is 4. The van der Waals surface area contributed by atoms with Crippen molar-refractivity contribution in [2.24, 2.45) is 5.92 Å². The molecule has 2 aliphatic rings. The molecule has 1 unspecified atom stereocenters. The summed E-state index contributed by atoms with van der Waals surface area (Å²) in [6.45, 7) is 1.79. The van der Waals surface area contributed by atoms with Crippen LogP contribution >= 0.6 is 0 Å². The molecule has 0 aromatic heterocycles. The van der Waals surface area contributed by atoms with Crippen LogP contribution in [0.1, 0.15) is 56.1 Å². The minimum Gasteiger partial charge on any atom is -0.508 e. The number of carbonyl (C=O) groups excluding carboxylic acids is 1. The highest BCUT2D eigenvalue weighted by Crippen LogP contribution is 2.50. The molecule has 184 valence electrons. The number of piperidine rings is 1. The van der Waals surface area contributed by atoms with Crippen molar-refractivity contribution in [3.63, 3.8) is 0 Å². The lowest BCUT2D eigenvalue weighted by atomic mass is 9.57. The molecule has 0 radical (unpaired) electrons. The van der Waals surface area contributed by atoms with Crippen LogP contribution in [0, 0.1) is 5.92 Å². The number of phenolic OH excluding ortho intramolecular Hbond substituents is 1. The normalized spacial score (nSPS) is 27.2. The quantitative estimate of drug-likeness (QED) is 0.570. The standard InChI is InChI=1S/C29H40N2O3/c1-30-17-16-29(23-13-9-14-25(32)18-23)20-24(19-27(33)26(29)21-30)31(2)28(34)15-8-4-7-12-22-10-5-3-6-11-22/h3,5-6,9-11,13-14,18,24,26-27,32-33H,4,7-8,12,15-17,19-21H2,1-2H3/t24-,26-,27?,29-/m0/s1. The molecule has 1 aliphatic heterocycles. The second kappa shape index (κ2) is 10.9. The van der Waals surface area contributed by atoms with Crippen LogP contribution in [-0.4, -0.2) is 65.3 Å². The van der Waals surface area contributed by atoms with Crippen molar-refractivity contribution in [2.45, 2.75) is 68.9 Å². The van der Waals surface area contributed by atoms with Crippen LogP contribution in [0.25, 0.3) is 0 Å².